The van der Waals surface area contributed by atoms with E-state index >= 15 is 0 Å². The molecule has 2 aliphatic heterocycles. The molecule has 27 heavy (non-hydrogen) atoms. The summed E-state index contributed by atoms with van der Waals surface area (Å²) in [4.78, 5) is 0. The molecule has 3 heteroatoms. The standard InChI is InChI=1S/C24H27NO2/c1-6-15(7-2)23-22-16(21-18(26)9-8-10-19(21)27-23)11-12-17-20(22)14(3)13-24(4,5)25-17/h6,8-13,23,25-26H,7H2,1-5H3/b15-6+. The van der Waals surface area contributed by atoms with Gasteiger partial charge in [0, 0.05) is 16.8 Å². The molecule has 1 unspecified atom stereocenters. The smallest absolute Gasteiger partial charge is 0.146 e. The molecule has 0 radical (unpaired) electrons. The van der Waals surface area contributed by atoms with Gasteiger partial charge in [-0.25, -0.2) is 0 Å². The summed E-state index contributed by atoms with van der Waals surface area (Å²) in [6, 6.07) is 9.76. The van der Waals surface area contributed by atoms with E-state index in [2.05, 4.69) is 64.2 Å². The maximum atomic E-state index is 10.6. The molecule has 2 N–H and O–H groups in total. The Balaban J connectivity index is 2.06. The highest BCUT2D eigenvalue weighted by Crippen LogP contribution is 2.53. The van der Waals surface area contributed by atoms with E-state index in [-0.39, 0.29) is 17.4 Å². The lowest BCUT2D eigenvalue weighted by Crippen LogP contribution is -2.32. The number of phenolic OH excluding ortho intramolecular Hbond substituents is 1. The average molecular weight is 361 g/mol. The van der Waals surface area contributed by atoms with Crippen molar-refractivity contribution in [2.75, 3.05) is 5.32 Å². The lowest BCUT2D eigenvalue weighted by atomic mass is 9.80. The lowest BCUT2D eigenvalue weighted by Gasteiger charge is -2.37. The van der Waals surface area contributed by atoms with E-state index in [9.17, 15) is 5.11 Å². The number of anilines is 1. The Kier molecular flexibility index (Phi) is 4.06. The summed E-state index contributed by atoms with van der Waals surface area (Å²) in [5, 5.41) is 14.2. The van der Waals surface area contributed by atoms with E-state index < -0.39 is 0 Å². The lowest BCUT2D eigenvalue weighted by molar-refractivity contribution is 0.234. The van der Waals surface area contributed by atoms with Gasteiger partial charge in [-0.2, -0.15) is 0 Å². The summed E-state index contributed by atoms with van der Waals surface area (Å²) in [5.41, 5.74) is 7.70. The van der Waals surface area contributed by atoms with Gasteiger partial charge in [0.05, 0.1) is 11.1 Å². The molecule has 0 bridgehead atoms. The van der Waals surface area contributed by atoms with Gasteiger partial charge >= 0.3 is 0 Å². The molecule has 2 aliphatic rings. The fourth-order valence-electron chi connectivity index (χ4n) is 4.51. The summed E-state index contributed by atoms with van der Waals surface area (Å²) >= 11 is 0. The molecular formula is C24H27NO2. The first-order chi connectivity index (χ1) is 12.9. The maximum absolute atomic E-state index is 10.6. The normalized spacial score (nSPS) is 19.8. The quantitative estimate of drug-likeness (QED) is 0.603. The van der Waals surface area contributed by atoms with Crippen LogP contribution in [-0.2, 0) is 0 Å². The Morgan fingerprint density at radius 1 is 1.22 bits per heavy atom. The number of benzene rings is 2. The Morgan fingerprint density at radius 3 is 2.70 bits per heavy atom. The Bertz CT molecular complexity index is 982. The van der Waals surface area contributed by atoms with Crippen LogP contribution in [0.3, 0.4) is 0 Å². The predicted molar refractivity (Wildman–Crippen MR) is 112 cm³/mol. The first kappa shape index (κ1) is 17.7. The number of aromatic hydroxyl groups is 1. The van der Waals surface area contributed by atoms with E-state index in [4.69, 9.17) is 4.74 Å². The minimum absolute atomic E-state index is 0.0927. The third-order valence-corrected chi connectivity index (χ3v) is 5.57. The van der Waals surface area contributed by atoms with Crippen molar-refractivity contribution in [2.45, 2.75) is 52.7 Å². The van der Waals surface area contributed by atoms with Crippen molar-refractivity contribution in [1.29, 1.82) is 0 Å². The van der Waals surface area contributed by atoms with E-state index in [1.807, 2.05) is 12.1 Å². The molecule has 140 valence electrons. The number of rotatable bonds is 2. The molecule has 1 atom stereocenters. The van der Waals surface area contributed by atoms with Gasteiger partial charge in [0.1, 0.15) is 17.6 Å². The van der Waals surface area contributed by atoms with Crippen LogP contribution >= 0.6 is 0 Å². The third kappa shape index (κ3) is 2.73. The SMILES string of the molecule is C/C=C(\CC)C1Oc2cccc(O)c2-c2ccc3c(c21)C(C)=CC(C)(C)N3. The number of allylic oxidation sites excluding steroid dienone is 2. The van der Waals surface area contributed by atoms with Crippen LogP contribution < -0.4 is 10.1 Å². The molecule has 2 aromatic rings. The van der Waals surface area contributed by atoms with E-state index in [1.54, 1.807) is 6.07 Å². The fourth-order valence-corrected chi connectivity index (χ4v) is 4.51. The number of hydrogen-bond acceptors (Lipinski definition) is 3. The van der Waals surface area contributed by atoms with Crippen molar-refractivity contribution in [3.8, 4) is 22.6 Å². The zero-order chi connectivity index (χ0) is 19.3. The minimum Gasteiger partial charge on any atom is -0.507 e. The van der Waals surface area contributed by atoms with Gasteiger partial charge < -0.3 is 15.2 Å². The second kappa shape index (κ2) is 6.19. The van der Waals surface area contributed by atoms with Crippen LogP contribution in [0.1, 0.15) is 58.3 Å². The number of fused-ring (bicyclic) bond motifs is 5. The van der Waals surface area contributed by atoms with Crippen molar-refractivity contribution < 1.29 is 9.84 Å². The monoisotopic (exact) mass is 361 g/mol. The van der Waals surface area contributed by atoms with Crippen molar-refractivity contribution in [1.82, 2.24) is 0 Å². The van der Waals surface area contributed by atoms with Crippen molar-refractivity contribution in [3.63, 3.8) is 0 Å². The first-order valence-corrected chi connectivity index (χ1v) is 9.65. The number of ether oxygens (including phenoxy) is 1. The van der Waals surface area contributed by atoms with Gasteiger partial charge in [0.15, 0.2) is 0 Å². The van der Waals surface area contributed by atoms with Gasteiger partial charge in [-0.05, 0) is 69.0 Å². The van der Waals surface area contributed by atoms with Crippen molar-refractivity contribution in [2.24, 2.45) is 0 Å². The van der Waals surface area contributed by atoms with Gasteiger partial charge in [0.25, 0.3) is 0 Å². The Hall–Kier alpha value is -2.68. The van der Waals surface area contributed by atoms with Crippen LogP contribution in [0.5, 0.6) is 11.5 Å². The van der Waals surface area contributed by atoms with Gasteiger partial charge in [-0.1, -0.05) is 31.2 Å². The molecule has 2 heterocycles. The van der Waals surface area contributed by atoms with E-state index in [0.29, 0.717) is 0 Å². The Morgan fingerprint density at radius 2 is 2.00 bits per heavy atom. The molecule has 0 aromatic heterocycles. The number of phenols is 1. The molecule has 0 spiro atoms. The topological polar surface area (TPSA) is 41.5 Å². The zero-order valence-corrected chi connectivity index (χ0v) is 16.7. The van der Waals surface area contributed by atoms with Crippen LogP contribution in [0.4, 0.5) is 5.69 Å². The van der Waals surface area contributed by atoms with Crippen LogP contribution in [-0.4, -0.2) is 10.6 Å². The largest absolute Gasteiger partial charge is 0.507 e. The van der Waals surface area contributed by atoms with Crippen molar-refractivity contribution >= 4 is 11.3 Å². The average Bonchev–Trinajstić information content (AvgIpc) is 2.61. The molecule has 0 fully saturated rings. The van der Waals surface area contributed by atoms with Crippen LogP contribution in [0.2, 0.25) is 0 Å². The Labute approximate surface area is 161 Å². The highest BCUT2D eigenvalue weighted by atomic mass is 16.5. The van der Waals surface area contributed by atoms with E-state index in [1.165, 1.54) is 16.7 Å². The number of nitrogens with one attached hydrogen (secondary N) is 1. The minimum atomic E-state index is -0.148. The fraction of sp³-hybridized carbons (Fsp3) is 0.333. The maximum Gasteiger partial charge on any atom is 0.146 e. The van der Waals surface area contributed by atoms with Crippen molar-refractivity contribution in [3.05, 3.63) is 59.2 Å². The number of hydrogen-bond donors (Lipinski definition) is 2. The van der Waals surface area contributed by atoms with Crippen LogP contribution in [0, 0.1) is 0 Å². The summed E-state index contributed by atoms with van der Waals surface area (Å²) in [6.45, 7) is 10.8. The molecule has 0 aliphatic carbocycles. The molecule has 0 saturated heterocycles. The van der Waals surface area contributed by atoms with Gasteiger partial charge in [0.2, 0.25) is 0 Å². The molecule has 3 nitrogen and oxygen atoms in total. The molecule has 0 saturated carbocycles. The molecule has 2 aromatic carbocycles. The molecule has 4 rings (SSSR count). The predicted octanol–water partition coefficient (Wildman–Crippen LogP) is 6.46. The highest BCUT2D eigenvalue weighted by Gasteiger charge is 2.35. The van der Waals surface area contributed by atoms with Crippen LogP contribution in [0.25, 0.3) is 16.7 Å². The second-order valence-corrected chi connectivity index (χ2v) is 7.99. The second-order valence-electron chi connectivity index (χ2n) is 7.99. The van der Waals surface area contributed by atoms with E-state index in [0.717, 1.165) is 34.5 Å². The van der Waals surface area contributed by atoms with Gasteiger partial charge in [-0.3, -0.25) is 0 Å². The third-order valence-electron chi connectivity index (χ3n) is 5.57. The summed E-state index contributed by atoms with van der Waals surface area (Å²) in [6.07, 6.45) is 5.19. The molecular weight excluding hydrogens is 334 g/mol. The van der Waals surface area contributed by atoms with Crippen LogP contribution in [0.15, 0.2) is 48.1 Å². The summed E-state index contributed by atoms with van der Waals surface area (Å²) in [5.74, 6) is 1.00. The summed E-state index contributed by atoms with van der Waals surface area (Å²) < 4.78 is 6.47. The zero-order valence-electron chi connectivity index (χ0n) is 16.7. The highest BCUT2D eigenvalue weighted by molar-refractivity contribution is 5.91. The first-order valence-electron chi connectivity index (χ1n) is 9.65. The molecule has 0 amide bonds. The van der Waals surface area contributed by atoms with Gasteiger partial charge in [-0.15, -0.1) is 0 Å². The summed E-state index contributed by atoms with van der Waals surface area (Å²) in [7, 11) is 0.